The molecule has 6 nitrogen and oxygen atoms in total. The van der Waals surface area contributed by atoms with Crippen molar-refractivity contribution >= 4 is 17.6 Å². The zero-order chi connectivity index (χ0) is 19.2. The minimum absolute atomic E-state index is 0.0899. The lowest BCUT2D eigenvalue weighted by Gasteiger charge is -2.36. The van der Waals surface area contributed by atoms with Gasteiger partial charge in [0.2, 0.25) is 0 Å². The third-order valence-corrected chi connectivity index (χ3v) is 4.46. The van der Waals surface area contributed by atoms with Gasteiger partial charge in [0, 0.05) is 31.9 Å². The average Bonchev–Trinajstić information content (AvgIpc) is 2.72. The summed E-state index contributed by atoms with van der Waals surface area (Å²) in [5, 5.41) is 0. The van der Waals surface area contributed by atoms with Crippen molar-refractivity contribution < 1.29 is 23.5 Å². The Kier molecular flexibility index (Phi) is 5.90. The summed E-state index contributed by atoms with van der Waals surface area (Å²) in [5.74, 6) is -0.688. The highest BCUT2D eigenvalue weighted by Crippen LogP contribution is 2.20. The van der Waals surface area contributed by atoms with Gasteiger partial charge in [0.15, 0.2) is 6.61 Å². The maximum absolute atomic E-state index is 13.1. The summed E-state index contributed by atoms with van der Waals surface area (Å²) in [6.07, 6.45) is 0. The highest BCUT2D eigenvalue weighted by Gasteiger charge is 2.22. The third-order valence-electron chi connectivity index (χ3n) is 4.46. The molecule has 0 spiro atoms. The van der Waals surface area contributed by atoms with Crippen LogP contribution in [-0.4, -0.2) is 56.7 Å². The maximum atomic E-state index is 13.1. The number of methoxy groups -OCH3 is 1. The molecule has 0 saturated carbocycles. The van der Waals surface area contributed by atoms with Crippen molar-refractivity contribution in [1.29, 1.82) is 0 Å². The second-order valence-corrected chi connectivity index (χ2v) is 6.15. The molecule has 0 bridgehead atoms. The van der Waals surface area contributed by atoms with Crippen LogP contribution in [0.2, 0.25) is 0 Å². The van der Waals surface area contributed by atoms with E-state index in [1.54, 1.807) is 12.0 Å². The molecule has 1 aliphatic heterocycles. The first kappa shape index (κ1) is 18.7. The number of amides is 1. The van der Waals surface area contributed by atoms with Crippen molar-refractivity contribution in [2.24, 2.45) is 0 Å². The second kappa shape index (κ2) is 8.53. The molecule has 3 rings (SSSR count). The number of halogens is 1. The fourth-order valence-corrected chi connectivity index (χ4v) is 2.92. The van der Waals surface area contributed by atoms with Crippen molar-refractivity contribution in [3.63, 3.8) is 0 Å². The van der Waals surface area contributed by atoms with E-state index in [4.69, 9.17) is 9.47 Å². The summed E-state index contributed by atoms with van der Waals surface area (Å²) in [6.45, 7) is 2.12. The van der Waals surface area contributed by atoms with Gasteiger partial charge in [-0.3, -0.25) is 4.79 Å². The van der Waals surface area contributed by atoms with E-state index in [-0.39, 0.29) is 18.1 Å². The van der Waals surface area contributed by atoms with Crippen molar-refractivity contribution in [2.75, 3.05) is 44.8 Å². The van der Waals surface area contributed by atoms with Crippen LogP contribution in [0, 0.1) is 5.82 Å². The van der Waals surface area contributed by atoms with Crippen LogP contribution in [0.5, 0.6) is 5.75 Å². The minimum Gasteiger partial charge on any atom is -0.497 e. The molecule has 1 heterocycles. The molecule has 7 heteroatoms. The number of carbonyl (C=O) groups excluding carboxylic acids is 2. The number of ether oxygens (including phenoxy) is 2. The number of nitrogens with zero attached hydrogens (tertiary/aromatic N) is 2. The van der Waals surface area contributed by atoms with Gasteiger partial charge in [-0.15, -0.1) is 0 Å². The molecule has 142 valence electrons. The monoisotopic (exact) mass is 372 g/mol. The van der Waals surface area contributed by atoms with Crippen LogP contribution in [-0.2, 0) is 9.53 Å². The van der Waals surface area contributed by atoms with Crippen molar-refractivity contribution in [1.82, 2.24) is 4.90 Å². The quantitative estimate of drug-likeness (QED) is 0.754. The van der Waals surface area contributed by atoms with Gasteiger partial charge in [-0.25, -0.2) is 9.18 Å². The van der Waals surface area contributed by atoms with E-state index in [0.29, 0.717) is 26.2 Å². The molecule has 0 radical (unpaired) electrons. The number of rotatable bonds is 5. The van der Waals surface area contributed by atoms with Gasteiger partial charge in [0.05, 0.1) is 12.7 Å². The minimum atomic E-state index is -0.709. The Morgan fingerprint density at radius 3 is 2.37 bits per heavy atom. The van der Waals surface area contributed by atoms with E-state index >= 15 is 0 Å². The molecular formula is C20H21FN2O4. The van der Waals surface area contributed by atoms with E-state index in [2.05, 4.69) is 4.90 Å². The smallest absolute Gasteiger partial charge is 0.338 e. The van der Waals surface area contributed by atoms with Crippen LogP contribution in [0.25, 0.3) is 0 Å². The Bertz CT molecular complexity index is 802. The third kappa shape index (κ3) is 4.75. The molecule has 1 saturated heterocycles. The van der Waals surface area contributed by atoms with Gasteiger partial charge in [-0.2, -0.15) is 0 Å². The molecule has 1 amide bonds. The zero-order valence-corrected chi connectivity index (χ0v) is 15.1. The summed E-state index contributed by atoms with van der Waals surface area (Å²) in [5.41, 5.74) is 1.16. The fraction of sp³-hybridized carbons (Fsp3) is 0.300. The van der Waals surface area contributed by atoms with Crippen molar-refractivity contribution in [3.8, 4) is 5.75 Å². The second-order valence-electron chi connectivity index (χ2n) is 6.15. The average molecular weight is 372 g/mol. The molecule has 2 aromatic carbocycles. The lowest BCUT2D eigenvalue weighted by molar-refractivity contribution is -0.134. The predicted octanol–water partition coefficient (Wildman–Crippen LogP) is 2.34. The number of anilines is 1. The Morgan fingerprint density at radius 2 is 1.74 bits per heavy atom. The topological polar surface area (TPSA) is 59.1 Å². The molecule has 0 unspecified atom stereocenters. The summed E-state index contributed by atoms with van der Waals surface area (Å²) in [4.78, 5) is 28.0. The molecular weight excluding hydrogens is 351 g/mol. The van der Waals surface area contributed by atoms with Gasteiger partial charge >= 0.3 is 5.97 Å². The summed E-state index contributed by atoms with van der Waals surface area (Å²) < 4.78 is 23.3. The first-order valence-corrected chi connectivity index (χ1v) is 8.66. The number of esters is 1. The standard InChI is InChI=1S/C20H21FN2O4/c1-26-18-7-5-17(6-8-18)22-9-11-23(12-10-22)19(24)14-27-20(25)15-3-2-4-16(21)13-15/h2-8,13H,9-12,14H2,1H3. The van der Waals surface area contributed by atoms with Gasteiger partial charge in [-0.05, 0) is 42.5 Å². The number of hydrogen-bond acceptors (Lipinski definition) is 5. The first-order valence-electron chi connectivity index (χ1n) is 8.66. The molecule has 1 fully saturated rings. The van der Waals surface area contributed by atoms with Gasteiger partial charge in [-0.1, -0.05) is 6.07 Å². The normalized spacial score (nSPS) is 14.0. The maximum Gasteiger partial charge on any atom is 0.338 e. The largest absolute Gasteiger partial charge is 0.497 e. The molecule has 1 aliphatic rings. The lowest BCUT2D eigenvalue weighted by Crippen LogP contribution is -2.49. The molecule has 0 N–H and O–H groups in total. The van der Waals surface area contributed by atoms with Crippen LogP contribution < -0.4 is 9.64 Å². The van der Waals surface area contributed by atoms with Gasteiger partial charge in [0.25, 0.3) is 5.91 Å². The Morgan fingerprint density at radius 1 is 1.04 bits per heavy atom. The highest BCUT2D eigenvalue weighted by atomic mass is 19.1. The van der Waals surface area contributed by atoms with Crippen LogP contribution >= 0.6 is 0 Å². The van der Waals surface area contributed by atoms with Gasteiger partial charge < -0.3 is 19.3 Å². The number of benzene rings is 2. The van der Waals surface area contributed by atoms with Crippen molar-refractivity contribution in [3.05, 3.63) is 59.9 Å². The molecule has 2 aromatic rings. The van der Waals surface area contributed by atoms with Gasteiger partial charge in [0.1, 0.15) is 11.6 Å². The van der Waals surface area contributed by atoms with E-state index in [1.165, 1.54) is 18.2 Å². The summed E-state index contributed by atoms with van der Waals surface area (Å²) in [6, 6.07) is 13.0. The summed E-state index contributed by atoms with van der Waals surface area (Å²) >= 11 is 0. The number of piperazine rings is 1. The van der Waals surface area contributed by atoms with Crippen LogP contribution in [0.3, 0.4) is 0 Å². The van der Waals surface area contributed by atoms with Crippen molar-refractivity contribution in [2.45, 2.75) is 0 Å². The van der Waals surface area contributed by atoms with E-state index in [9.17, 15) is 14.0 Å². The van der Waals surface area contributed by atoms with E-state index in [1.807, 2.05) is 24.3 Å². The summed E-state index contributed by atoms with van der Waals surface area (Å²) in [7, 11) is 1.63. The van der Waals surface area contributed by atoms with Crippen LogP contribution in [0.1, 0.15) is 10.4 Å². The predicted molar refractivity (Wildman–Crippen MR) is 98.5 cm³/mol. The molecule has 0 atom stereocenters. The number of carbonyl (C=O) groups is 2. The first-order chi connectivity index (χ1) is 13.1. The SMILES string of the molecule is COc1ccc(N2CCN(C(=O)COC(=O)c3cccc(F)c3)CC2)cc1. The van der Waals surface area contributed by atoms with E-state index in [0.717, 1.165) is 17.5 Å². The van der Waals surface area contributed by atoms with E-state index < -0.39 is 11.8 Å². The van der Waals surface area contributed by atoms with Crippen LogP contribution in [0.4, 0.5) is 10.1 Å². The molecule has 0 aromatic heterocycles. The number of hydrogen-bond donors (Lipinski definition) is 0. The molecule has 0 aliphatic carbocycles. The molecule has 27 heavy (non-hydrogen) atoms. The Labute approximate surface area is 157 Å². The highest BCUT2D eigenvalue weighted by molar-refractivity contribution is 5.91. The van der Waals surface area contributed by atoms with Crippen LogP contribution in [0.15, 0.2) is 48.5 Å². The Hall–Kier alpha value is -3.09. The Balaban J connectivity index is 1.47. The zero-order valence-electron chi connectivity index (χ0n) is 15.1. The fourth-order valence-electron chi connectivity index (χ4n) is 2.92. The lowest BCUT2D eigenvalue weighted by atomic mass is 10.2.